The number of non-ortho nitro benzene ring substituents is 2. The minimum atomic E-state index is -0.542. The van der Waals surface area contributed by atoms with Gasteiger partial charge in [-0.1, -0.05) is 11.6 Å². The molecule has 0 aromatic heterocycles. The van der Waals surface area contributed by atoms with Crippen molar-refractivity contribution in [2.45, 2.75) is 6.54 Å². The maximum atomic E-state index is 12.1. The molecule has 0 unspecified atom stereocenters. The lowest BCUT2D eigenvalue weighted by molar-refractivity contribution is -0.385. The first-order chi connectivity index (χ1) is 12.3. The van der Waals surface area contributed by atoms with Gasteiger partial charge in [0.25, 0.3) is 17.3 Å². The third-order valence-electron chi connectivity index (χ3n) is 3.48. The van der Waals surface area contributed by atoms with Crippen molar-refractivity contribution in [3.63, 3.8) is 0 Å². The molecular formula is C16H14ClN3O6. The van der Waals surface area contributed by atoms with E-state index in [-0.39, 0.29) is 30.4 Å². The number of ether oxygens (including phenoxy) is 1. The van der Waals surface area contributed by atoms with Gasteiger partial charge < -0.3 is 9.64 Å². The standard InChI is InChI=1S/C16H14ClN3O6/c1-18(9-11-8-13(20(24)25)4-7-15(11)17)16(21)10-26-14-5-2-12(3-6-14)19(22)23/h2-8H,9-10H2,1H3. The van der Waals surface area contributed by atoms with E-state index in [9.17, 15) is 25.0 Å². The lowest BCUT2D eigenvalue weighted by Crippen LogP contribution is -2.31. The molecule has 136 valence electrons. The van der Waals surface area contributed by atoms with Gasteiger partial charge in [-0.2, -0.15) is 0 Å². The van der Waals surface area contributed by atoms with Gasteiger partial charge in [0.15, 0.2) is 6.61 Å². The Labute approximate surface area is 153 Å². The van der Waals surface area contributed by atoms with E-state index in [1.165, 1.54) is 54.4 Å². The molecule has 0 fully saturated rings. The summed E-state index contributed by atoms with van der Waals surface area (Å²) in [5, 5.41) is 21.7. The SMILES string of the molecule is CN(Cc1cc([N+](=O)[O-])ccc1Cl)C(=O)COc1ccc([N+](=O)[O-])cc1. The van der Waals surface area contributed by atoms with Crippen molar-refractivity contribution in [1.82, 2.24) is 4.90 Å². The molecular weight excluding hydrogens is 366 g/mol. The number of hydrogen-bond donors (Lipinski definition) is 0. The molecule has 0 aliphatic rings. The second-order valence-electron chi connectivity index (χ2n) is 5.32. The van der Waals surface area contributed by atoms with Gasteiger partial charge in [0.05, 0.1) is 9.85 Å². The summed E-state index contributed by atoms with van der Waals surface area (Å²) < 4.78 is 5.30. The van der Waals surface area contributed by atoms with Crippen molar-refractivity contribution in [3.05, 3.63) is 73.3 Å². The van der Waals surface area contributed by atoms with Gasteiger partial charge >= 0.3 is 0 Å². The Morgan fingerprint density at radius 1 is 1.08 bits per heavy atom. The molecule has 0 saturated carbocycles. The predicted octanol–water partition coefficient (Wildman–Crippen LogP) is 3.19. The largest absolute Gasteiger partial charge is 0.484 e. The van der Waals surface area contributed by atoms with E-state index in [2.05, 4.69) is 0 Å². The van der Waals surface area contributed by atoms with Crippen LogP contribution in [0.2, 0.25) is 5.02 Å². The number of hydrogen-bond acceptors (Lipinski definition) is 6. The fraction of sp³-hybridized carbons (Fsp3) is 0.188. The van der Waals surface area contributed by atoms with Gasteiger partial charge in [-0.05, 0) is 23.8 Å². The van der Waals surface area contributed by atoms with E-state index in [4.69, 9.17) is 16.3 Å². The molecule has 10 heteroatoms. The van der Waals surface area contributed by atoms with E-state index in [1.54, 1.807) is 0 Å². The smallest absolute Gasteiger partial charge is 0.269 e. The zero-order chi connectivity index (χ0) is 19.3. The number of rotatable bonds is 7. The van der Waals surface area contributed by atoms with E-state index < -0.39 is 9.85 Å². The highest BCUT2D eigenvalue weighted by Gasteiger charge is 2.15. The number of amides is 1. The third kappa shape index (κ3) is 4.90. The number of carbonyl (C=O) groups is 1. The topological polar surface area (TPSA) is 116 Å². The molecule has 2 aromatic carbocycles. The van der Waals surface area contributed by atoms with Gasteiger partial charge in [-0.25, -0.2) is 0 Å². The summed E-state index contributed by atoms with van der Waals surface area (Å²) in [6.07, 6.45) is 0. The van der Waals surface area contributed by atoms with Crippen LogP contribution in [0.1, 0.15) is 5.56 Å². The van der Waals surface area contributed by atoms with E-state index in [0.29, 0.717) is 16.3 Å². The van der Waals surface area contributed by atoms with Gasteiger partial charge in [-0.15, -0.1) is 0 Å². The number of halogens is 1. The van der Waals surface area contributed by atoms with Crippen molar-refractivity contribution in [2.24, 2.45) is 0 Å². The lowest BCUT2D eigenvalue weighted by Gasteiger charge is -2.18. The highest BCUT2D eigenvalue weighted by molar-refractivity contribution is 6.31. The Morgan fingerprint density at radius 2 is 1.65 bits per heavy atom. The van der Waals surface area contributed by atoms with Crippen LogP contribution in [0.5, 0.6) is 5.75 Å². The fourth-order valence-electron chi connectivity index (χ4n) is 2.06. The maximum Gasteiger partial charge on any atom is 0.269 e. The lowest BCUT2D eigenvalue weighted by atomic mass is 10.2. The first-order valence-corrected chi connectivity index (χ1v) is 7.69. The predicted molar refractivity (Wildman–Crippen MR) is 93.2 cm³/mol. The van der Waals surface area contributed by atoms with Gasteiger partial charge in [-0.3, -0.25) is 25.0 Å². The average Bonchev–Trinajstić information content (AvgIpc) is 2.61. The molecule has 0 bridgehead atoms. The van der Waals surface area contributed by atoms with Crippen LogP contribution in [0.15, 0.2) is 42.5 Å². The normalized spacial score (nSPS) is 10.2. The molecule has 2 rings (SSSR count). The molecule has 2 aromatic rings. The van der Waals surface area contributed by atoms with E-state index >= 15 is 0 Å². The molecule has 0 atom stereocenters. The highest BCUT2D eigenvalue weighted by Crippen LogP contribution is 2.23. The Morgan fingerprint density at radius 3 is 2.23 bits per heavy atom. The minimum absolute atomic E-state index is 0.0724. The summed E-state index contributed by atoms with van der Waals surface area (Å²) in [5.41, 5.74) is 0.237. The number of nitro groups is 2. The number of carbonyl (C=O) groups excluding carboxylic acids is 1. The van der Waals surface area contributed by atoms with Crippen LogP contribution in [0.4, 0.5) is 11.4 Å². The zero-order valence-electron chi connectivity index (χ0n) is 13.6. The average molecular weight is 380 g/mol. The molecule has 26 heavy (non-hydrogen) atoms. The summed E-state index contributed by atoms with van der Waals surface area (Å²) >= 11 is 6.02. The van der Waals surface area contributed by atoms with Crippen LogP contribution in [0.3, 0.4) is 0 Å². The third-order valence-corrected chi connectivity index (χ3v) is 3.85. The fourth-order valence-corrected chi connectivity index (χ4v) is 2.24. The summed E-state index contributed by atoms with van der Waals surface area (Å²) in [6.45, 7) is -0.218. The Kier molecular flexibility index (Phi) is 6.07. The molecule has 0 saturated heterocycles. The summed E-state index contributed by atoms with van der Waals surface area (Å²) in [6, 6.07) is 9.32. The number of likely N-dealkylation sites (N-methyl/N-ethyl adjacent to an activating group) is 1. The molecule has 0 radical (unpaired) electrons. The molecule has 1 amide bonds. The number of nitrogens with zero attached hydrogens (tertiary/aromatic N) is 3. The van der Waals surface area contributed by atoms with Crippen LogP contribution in [0, 0.1) is 20.2 Å². The van der Waals surface area contributed by atoms with Crippen LogP contribution in [-0.4, -0.2) is 34.3 Å². The van der Waals surface area contributed by atoms with Gasteiger partial charge in [0.1, 0.15) is 5.75 Å². The first-order valence-electron chi connectivity index (χ1n) is 7.32. The molecule has 0 aliphatic heterocycles. The summed E-state index contributed by atoms with van der Waals surface area (Å²) in [7, 11) is 1.51. The quantitative estimate of drug-likeness (QED) is 0.538. The van der Waals surface area contributed by atoms with Crippen molar-refractivity contribution in [1.29, 1.82) is 0 Å². The molecule has 0 aliphatic carbocycles. The van der Waals surface area contributed by atoms with E-state index in [1.807, 2.05) is 0 Å². The minimum Gasteiger partial charge on any atom is -0.484 e. The van der Waals surface area contributed by atoms with Crippen molar-refractivity contribution in [2.75, 3.05) is 13.7 Å². The van der Waals surface area contributed by atoms with Gasteiger partial charge in [0.2, 0.25) is 0 Å². The molecule has 9 nitrogen and oxygen atoms in total. The first kappa shape index (κ1) is 19.1. The zero-order valence-corrected chi connectivity index (χ0v) is 14.4. The molecule has 0 N–H and O–H groups in total. The van der Waals surface area contributed by atoms with Crippen LogP contribution in [-0.2, 0) is 11.3 Å². The highest BCUT2D eigenvalue weighted by atomic mass is 35.5. The van der Waals surface area contributed by atoms with Crippen LogP contribution < -0.4 is 4.74 Å². The van der Waals surface area contributed by atoms with Crippen molar-refractivity contribution < 1.29 is 19.4 Å². The molecule has 0 heterocycles. The second-order valence-corrected chi connectivity index (χ2v) is 5.73. The maximum absolute atomic E-state index is 12.1. The Balaban J connectivity index is 1.96. The second kappa shape index (κ2) is 8.26. The molecule has 0 spiro atoms. The number of benzene rings is 2. The summed E-state index contributed by atoms with van der Waals surface area (Å²) in [5.74, 6) is -0.0725. The Bertz CT molecular complexity index is 840. The van der Waals surface area contributed by atoms with Gasteiger partial charge in [0, 0.05) is 42.9 Å². The number of nitro benzene ring substituents is 2. The van der Waals surface area contributed by atoms with Crippen molar-refractivity contribution in [3.8, 4) is 5.75 Å². The van der Waals surface area contributed by atoms with Crippen LogP contribution in [0.25, 0.3) is 0 Å². The Hall–Kier alpha value is -3.20. The summed E-state index contributed by atoms with van der Waals surface area (Å²) in [4.78, 5) is 33.8. The van der Waals surface area contributed by atoms with Crippen LogP contribution >= 0.6 is 11.6 Å². The van der Waals surface area contributed by atoms with E-state index in [0.717, 1.165) is 0 Å². The monoisotopic (exact) mass is 379 g/mol. The van der Waals surface area contributed by atoms with Crippen molar-refractivity contribution >= 4 is 28.9 Å².